The number of hydrogen-bond donors (Lipinski definition) is 2. The highest BCUT2D eigenvalue weighted by atomic mass is 19.1. The molecule has 0 radical (unpaired) electrons. The predicted octanol–water partition coefficient (Wildman–Crippen LogP) is 0.995. The highest BCUT2D eigenvalue weighted by Crippen LogP contribution is 2.28. The summed E-state index contributed by atoms with van der Waals surface area (Å²) in [6.45, 7) is 3.46. The molecule has 3 heteroatoms. The number of hydrogen-bond acceptors (Lipinski definition) is 2. The molecular formula is C10H17FN2. The lowest BCUT2D eigenvalue weighted by Gasteiger charge is -2.32. The normalized spacial score (nSPS) is 38.0. The molecule has 0 aromatic rings. The third-order valence-electron chi connectivity index (χ3n) is 3.13. The second-order valence-corrected chi connectivity index (χ2v) is 4.11. The van der Waals surface area contributed by atoms with Crippen LogP contribution in [0.1, 0.15) is 19.8 Å². The van der Waals surface area contributed by atoms with Crippen molar-refractivity contribution < 1.29 is 4.39 Å². The van der Waals surface area contributed by atoms with Crippen molar-refractivity contribution in [1.82, 2.24) is 10.6 Å². The van der Waals surface area contributed by atoms with Crippen molar-refractivity contribution in [2.24, 2.45) is 0 Å². The summed E-state index contributed by atoms with van der Waals surface area (Å²) in [5.74, 6) is 0. The standard InChI is InChI=1S/C10H17FN2/c1-10(11,8-4-2-6-12-8)9-5-3-7-13-9/h2,4,8-9,12-13H,3,5-7H2,1H3. The lowest BCUT2D eigenvalue weighted by molar-refractivity contribution is 0.109. The molecule has 0 aliphatic carbocycles. The van der Waals surface area contributed by atoms with Gasteiger partial charge in [-0.25, -0.2) is 4.39 Å². The van der Waals surface area contributed by atoms with E-state index in [0.717, 1.165) is 25.9 Å². The van der Waals surface area contributed by atoms with Gasteiger partial charge in [-0.2, -0.15) is 0 Å². The molecule has 2 N–H and O–H groups in total. The second-order valence-electron chi connectivity index (χ2n) is 4.11. The van der Waals surface area contributed by atoms with Crippen LogP contribution >= 0.6 is 0 Å². The maximum absolute atomic E-state index is 14.3. The fourth-order valence-corrected chi connectivity index (χ4v) is 2.24. The number of alkyl halides is 1. The predicted molar refractivity (Wildman–Crippen MR) is 51.5 cm³/mol. The molecule has 0 bridgehead atoms. The molecule has 0 saturated carbocycles. The smallest absolute Gasteiger partial charge is 0.142 e. The monoisotopic (exact) mass is 184 g/mol. The van der Waals surface area contributed by atoms with Crippen LogP contribution in [0.2, 0.25) is 0 Å². The minimum absolute atomic E-state index is 0.0211. The Morgan fingerprint density at radius 1 is 1.46 bits per heavy atom. The Bertz CT molecular complexity index is 207. The summed E-state index contributed by atoms with van der Waals surface area (Å²) in [6.07, 6.45) is 6.00. The van der Waals surface area contributed by atoms with Crippen molar-refractivity contribution in [2.45, 2.75) is 37.5 Å². The van der Waals surface area contributed by atoms with E-state index in [1.807, 2.05) is 12.2 Å². The van der Waals surface area contributed by atoms with Crippen molar-refractivity contribution in [3.05, 3.63) is 12.2 Å². The molecule has 2 aliphatic heterocycles. The third kappa shape index (κ3) is 1.63. The summed E-state index contributed by atoms with van der Waals surface area (Å²) in [5.41, 5.74) is -1.15. The van der Waals surface area contributed by atoms with Gasteiger partial charge in [0.05, 0.1) is 6.04 Å². The van der Waals surface area contributed by atoms with E-state index in [1.165, 1.54) is 0 Å². The Labute approximate surface area is 78.6 Å². The Kier molecular flexibility index (Phi) is 2.39. The molecule has 2 nitrogen and oxygen atoms in total. The zero-order valence-electron chi connectivity index (χ0n) is 8.02. The van der Waals surface area contributed by atoms with Crippen LogP contribution in [0, 0.1) is 0 Å². The highest BCUT2D eigenvalue weighted by molar-refractivity contribution is 5.13. The van der Waals surface area contributed by atoms with E-state index in [9.17, 15) is 4.39 Å². The van der Waals surface area contributed by atoms with E-state index in [1.54, 1.807) is 6.92 Å². The number of halogens is 1. The lowest BCUT2D eigenvalue weighted by Crippen LogP contribution is -2.53. The van der Waals surface area contributed by atoms with Crippen molar-refractivity contribution in [1.29, 1.82) is 0 Å². The quantitative estimate of drug-likeness (QED) is 0.625. The topological polar surface area (TPSA) is 24.1 Å². The molecule has 0 spiro atoms. The maximum Gasteiger partial charge on any atom is 0.142 e. The molecule has 1 saturated heterocycles. The molecule has 2 rings (SSSR count). The Hall–Kier alpha value is -0.410. The number of rotatable bonds is 2. The molecule has 3 unspecified atom stereocenters. The van der Waals surface area contributed by atoms with E-state index in [0.29, 0.717) is 0 Å². The van der Waals surface area contributed by atoms with Crippen LogP contribution in [0.25, 0.3) is 0 Å². The van der Waals surface area contributed by atoms with Crippen molar-refractivity contribution in [3.8, 4) is 0 Å². The molecule has 3 atom stereocenters. The highest BCUT2D eigenvalue weighted by Gasteiger charge is 2.42. The van der Waals surface area contributed by atoms with Crippen LogP contribution in [-0.4, -0.2) is 30.8 Å². The Morgan fingerprint density at radius 3 is 2.85 bits per heavy atom. The first kappa shape index (κ1) is 9.16. The zero-order valence-corrected chi connectivity index (χ0v) is 8.02. The van der Waals surface area contributed by atoms with Gasteiger partial charge in [-0.05, 0) is 26.3 Å². The van der Waals surface area contributed by atoms with Gasteiger partial charge >= 0.3 is 0 Å². The van der Waals surface area contributed by atoms with Crippen LogP contribution in [0.3, 0.4) is 0 Å². The minimum atomic E-state index is -1.15. The van der Waals surface area contributed by atoms with Crippen LogP contribution in [0.4, 0.5) is 4.39 Å². The fraction of sp³-hybridized carbons (Fsp3) is 0.800. The zero-order chi connectivity index (χ0) is 9.31. The van der Waals surface area contributed by atoms with Gasteiger partial charge in [0.15, 0.2) is 0 Å². The number of nitrogens with one attached hydrogen (secondary N) is 2. The summed E-state index contributed by atoms with van der Waals surface area (Å²) in [4.78, 5) is 0. The summed E-state index contributed by atoms with van der Waals surface area (Å²) in [6, 6.07) is -0.0872. The molecule has 74 valence electrons. The van der Waals surface area contributed by atoms with Crippen molar-refractivity contribution >= 4 is 0 Å². The molecule has 0 aromatic carbocycles. The molecule has 0 aromatic heterocycles. The molecule has 1 fully saturated rings. The first-order valence-corrected chi connectivity index (χ1v) is 5.03. The van der Waals surface area contributed by atoms with Crippen LogP contribution < -0.4 is 10.6 Å². The minimum Gasteiger partial charge on any atom is -0.311 e. The largest absolute Gasteiger partial charge is 0.311 e. The maximum atomic E-state index is 14.3. The van der Waals surface area contributed by atoms with E-state index in [2.05, 4.69) is 10.6 Å². The summed E-state index contributed by atoms with van der Waals surface area (Å²) >= 11 is 0. The molecule has 13 heavy (non-hydrogen) atoms. The van der Waals surface area contributed by atoms with Gasteiger partial charge in [-0.15, -0.1) is 0 Å². The van der Waals surface area contributed by atoms with E-state index >= 15 is 0 Å². The van der Waals surface area contributed by atoms with Crippen LogP contribution in [-0.2, 0) is 0 Å². The summed E-state index contributed by atoms with van der Waals surface area (Å²) in [5, 5.41) is 6.37. The van der Waals surface area contributed by atoms with Gasteiger partial charge in [0.2, 0.25) is 0 Å². The van der Waals surface area contributed by atoms with Gasteiger partial charge in [-0.1, -0.05) is 12.2 Å². The first-order chi connectivity index (χ1) is 6.21. The van der Waals surface area contributed by atoms with Crippen LogP contribution in [0.5, 0.6) is 0 Å². The van der Waals surface area contributed by atoms with E-state index < -0.39 is 5.67 Å². The Morgan fingerprint density at radius 2 is 2.31 bits per heavy atom. The van der Waals surface area contributed by atoms with Gasteiger partial charge in [0.25, 0.3) is 0 Å². The molecule has 2 aliphatic rings. The molecule has 2 heterocycles. The summed E-state index contributed by atoms with van der Waals surface area (Å²) < 4.78 is 14.3. The Balaban J connectivity index is 2.04. The van der Waals surface area contributed by atoms with Crippen molar-refractivity contribution in [2.75, 3.05) is 13.1 Å². The first-order valence-electron chi connectivity index (χ1n) is 5.03. The third-order valence-corrected chi connectivity index (χ3v) is 3.13. The molecular weight excluding hydrogens is 167 g/mol. The van der Waals surface area contributed by atoms with Gasteiger partial charge in [0, 0.05) is 12.6 Å². The van der Waals surface area contributed by atoms with Gasteiger partial charge in [0.1, 0.15) is 5.67 Å². The fourth-order valence-electron chi connectivity index (χ4n) is 2.24. The van der Waals surface area contributed by atoms with E-state index in [4.69, 9.17) is 0 Å². The lowest BCUT2D eigenvalue weighted by atomic mass is 9.89. The second kappa shape index (κ2) is 3.39. The summed E-state index contributed by atoms with van der Waals surface area (Å²) in [7, 11) is 0. The van der Waals surface area contributed by atoms with Crippen molar-refractivity contribution in [3.63, 3.8) is 0 Å². The van der Waals surface area contributed by atoms with Crippen LogP contribution in [0.15, 0.2) is 12.2 Å². The SMILES string of the molecule is CC(F)(C1C=CCN1)C1CCCN1. The molecule has 0 amide bonds. The van der Waals surface area contributed by atoms with E-state index in [-0.39, 0.29) is 12.1 Å². The average Bonchev–Trinajstić information content (AvgIpc) is 2.78. The average molecular weight is 184 g/mol. The van der Waals surface area contributed by atoms with Gasteiger partial charge in [-0.3, -0.25) is 0 Å². The van der Waals surface area contributed by atoms with Gasteiger partial charge < -0.3 is 10.6 Å².